The van der Waals surface area contributed by atoms with Gasteiger partial charge in [0.2, 0.25) is 0 Å². The molecule has 2 aromatic rings. The van der Waals surface area contributed by atoms with Crippen LogP contribution in [0.1, 0.15) is 41.5 Å². The minimum Gasteiger partial charge on any atom is -0.462 e. The van der Waals surface area contributed by atoms with Crippen LogP contribution >= 0.6 is 0 Å². The summed E-state index contributed by atoms with van der Waals surface area (Å²) in [5, 5.41) is 2.57. The standard InChI is InChI=1S/C21H20F3NO5/c1-4-29-18(27)15-7-5-6-8-16(15)25-17(26)13-9-11-14(12-10-13)30-19(28)20(2,3)21(22,23)24/h5-12H,4H2,1-3H3,(H,25,26). The molecule has 0 aromatic heterocycles. The highest BCUT2D eigenvalue weighted by atomic mass is 19.4. The number of para-hydroxylation sites is 1. The molecule has 0 saturated heterocycles. The van der Waals surface area contributed by atoms with E-state index in [0.717, 1.165) is 13.8 Å². The summed E-state index contributed by atoms with van der Waals surface area (Å²) in [6, 6.07) is 11.2. The first-order chi connectivity index (χ1) is 14.0. The van der Waals surface area contributed by atoms with Crippen molar-refractivity contribution in [3.05, 3.63) is 59.7 Å². The number of amides is 1. The van der Waals surface area contributed by atoms with Gasteiger partial charge < -0.3 is 14.8 Å². The fourth-order valence-electron chi connectivity index (χ4n) is 2.20. The van der Waals surface area contributed by atoms with E-state index in [1.165, 1.54) is 36.4 Å². The van der Waals surface area contributed by atoms with Gasteiger partial charge in [-0.25, -0.2) is 4.79 Å². The molecule has 0 spiro atoms. The predicted octanol–water partition coefficient (Wildman–Crippen LogP) is 4.61. The van der Waals surface area contributed by atoms with Gasteiger partial charge in [0.25, 0.3) is 5.91 Å². The van der Waals surface area contributed by atoms with Crippen molar-refractivity contribution in [2.45, 2.75) is 26.9 Å². The Morgan fingerprint density at radius 3 is 2.13 bits per heavy atom. The lowest BCUT2D eigenvalue weighted by Gasteiger charge is -2.25. The zero-order chi connectivity index (χ0) is 22.5. The lowest BCUT2D eigenvalue weighted by molar-refractivity contribution is -0.219. The summed E-state index contributed by atoms with van der Waals surface area (Å²) < 4.78 is 48.5. The number of hydrogen-bond donors (Lipinski definition) is 1. The zero-order valence-corrected chi connectivity index (χ0v) is 16.5. The number of hydrogen-bond acceptors (Lipinski definition) is 5. The predicted molar refractivity (Wildman–Crippen MR) is 102 cm³/mol. The number of anilines is 1. The Balaban J connectivity index is 2.12. The fraction of sp³-hybridized carbons (Fsp3) is 0.286. The van der Waals surface area contributed by atoms with Crippen LogP contribution in [0.4, 0.5) is 18.9 Å². The second-order valence-electron chi connectivity index (χ2n) is 6.76. The molecule has 0 aliphatic rings. The normalized spacial score (nSPS) is 11.5. The van der Waals surface area contributed by atoms with E-state index >= 15 is 0 Å². The third kappa shape index (κ3) is 5.16. The van der Waals surface area contributed by atoms with Crippen molar-refractivity contribution in [3.63, 3.8) is 0 Å². The molecule has 30 heavy (non-hydrogen) atoms. The second-order valence-corrected chi connectivity index (χ2v) is 6.76. The lowest BCUT2D eigenvalue weighted by Crippen LogP contribution is -2.42. The van der Waals surface area contributed by atoms with Crippen molar-refractivity contribution in [1.82, 2.24) is 0 Å². The molecule has 0 unspecified atom stereocenters. The first-order valence-corrected chi connectivity index (χ1v) is 8.94. The lowest BCUT2D eigenvalue weighted by atomic mass is 9.93. The third-order valence-electron chi connectivity index (χ3n) is 4.22. The topological polar surface area (TPSA) is 81.7 Å². The average Bonchev–Trinajstić information content (AvgIpc) is 2.68. The molecule has 9 heteroatoms. The second kappa shape index (κ2) is 8.98. The molecule has 0 radical (unpaired) electrons. The highest BCUT2D eigenvalue weighted by Crippen LogP contribution is 2.38. The molecule has 1 N–H and O–H groups in total. The van der Waals surface area contributed by atoms with Crippen molar-refractivity contribution < 1.29 is 37.0 Å². The number of rotatable bonds is 6. The molecular formula is C21H20F3NO5. The molecule has 0 saturated carbocycles. The van der Waals surface area contributed by atoms with Crippen LogP contribution in [-0.2, 0) is 9.53 Å². The van der Waals surface area contributed by atoms with E-state index in [2.05, 4.69) is 5.32 Å². The van der Waals surface area contributed by atoms with E-state index in [1.54, 1.807) is 19.1 Å². The van der Waals surface area contributed by atoms with Gasteiger partial charge in [-0.3, -0.25) is 9.59 Å². The molecule has 0 bridgehead atoms. The molecule has 2 rings (SSSR count). The molecule has 0 aliphatic carbocycles. The summed E-state index contributed by atoms with van der Waals surface area (Å²) in [6.45, 7) is 3.27. The Hall–Kier alpha value is -3.36. The molecular weight excluding hydrogens is 403 g/mol. The van der Waals surface area contributed by atoms with Crippen LogP contribution < -0.4 is 10.1 Å². The van der Waals surface area contributed by atoms with Gasteiger partial charge in [0.15, 0.2) is 5.41 Å². The number of esters is 2. The van der Waals surface area contributed by atoms with Crippen LogP contribution in [-0.4, -0.2) is 30.6 Å². The summed E-state index contributed by atoms with van der Waals surface area (Å²) in [4.78, 5) is 36.3. The minimum atomic E-state index is -4.77. The van der Waals surface area contributed by atoms with Gasteiger partial charge in [0.1, 0.15) is 5.75 Å². The Labute approximate surface area is 171 Å². The Morgan fingerprint density at radius 1 is 0.967 bits per heavy atom. The number of halogens is 3. The molecule has 0 atom stereocenters. The number of carbonyl (C=O) groups excluding carboxylic acids is 3. The number of nitrogens with one attached hydrogen (secondary N) is 1. The smallest absolute Gasteiger partial charge is 0.404 e. The summed E-state index contributed by atoms with van der Waals surface area (Å²) in [7, 11) is 0. The van der Waals surface area contributed by atoms with Gasteiger partial charge in [-0.1, -0.05) is 12.1 Å². The van der Waals surface area contributed by atoms with Crippen LogP contribution in [0.2, 0.25) is 0 Å². The Morgan fingerprint density at radius 2 is 1.57 bits per heavy atom. The highest BCUT2D eigenvalue weighted by molar-refractivity contribution is 6.08. The summed E-state index contributed by atoms with van der Waals surface area (Å²) in [6.07, 6.45) is -4.77. The zero-order valence-electron chi connectivity index (χ0n) is 16.5. The summed E-state index contributed by atoms with van der Waals surface area (Å²) >= 11 is 0. The van der Waals surface area contributed by atoms with Gasteiger partial charge in [-0.15, -0.1) is 0 Å². The largest absolute Gasteiger partial charge is 0.462 e. The maximum atomic E-state index is 12.9. The highest BCUT2D eigenvalue weighted by Gasteiger charge is 2.54. The van der Waals surface area contributed by atoms with Crippen LogP contribution in [0.15, 0.2) is 48.5 Å². The van der Waals surface area contributed by atoms with Crippen LogP contribution in [0, 0.1) is 5.41 Å². The van der Waals surface area contributed by atoms with E-state index in [1.807, 2.05) is 0 Å². The van der Waals surface area contributed by atoms with Crippen LogP contribution in [0.3, 0.4) is 0 Å². The van der Waals surface area contributed by atoms with E-state index in [-0.39, 0.29) is 29.2 Å². The summed E-state index contributed by atoms with van der Waals surface area (Å²) in [5.41, 5.74) is -2.13. The third-order valence-corrected chi connectivity index (χ3v) is 4.22. The van der Waals surface area contributed by atoms with Gasteiger partial charge in [0.05, 0.1) is 17.9 Å². The first-order valence-electron chi connectivity index (χ1n) is 8.94. The van der Waals surface area contributed by atoms with Gasteiger partial charge >= 0.3 is 18.1 Å². The van der Waals surface area contributed by atoms with Crippen molar-refractivity contribution in [1.29, 1.82) is 0 Å². The molecule has 6 nitrogen and oxygen atoms in total. The summed E-state index contributed by atoms with van der Waals surface area (Å²) in [5.74, 6) is -2.76. The average molecular weight is 423 g/mol. The maximum absolute atomic E-state index is 12.9. The maximum Gasteiger partial charge on any atom is 0.404 e. The van der Waals surface area contributed by atoms with Crippen LogP contribution in [0.5, 0.6) is 5.75 Å². The molecule has 160 valence electrons. The fourth-order valence-corrected chi connectivity index (χ4v) is 2.20. The van der Waals surface area contributed by atoms with E-state index in [9.17, 15) is 27.6 Å². The molecule has 0 fully saturated rings. The molecule has 0 aliphatic heterocycles. The van der Waals surface area contributed by atoms with E-state index < -0.39 is 29.4 Å². The van der Waals surface area contributed by atoms with Crippen molar-refractivity contribution in [3.8, 4) is 5.75 Å². The van der Waals surface area contributed by atoms with Gasteiger partial charge in [-0.05, 0) is 57.2 Å². The number of benzene rings is 2. The molecule has 0 heterocycles. The Bertz CT molecular complexity index is 936. The number of ether oxygens (including phenoxy) is 2. The SMILES string of the molecule is CCOC(=O)c1ccccc1NC(=O)c1ccc(OC(=O)C(C)(C)C(F)(F)F)cc1. The monoisotopic (exact) mass is 423 g/mol. The van der Waals surface area contributed by atoms with Crippen LogP contribution in [0.25, 0.3) is 0 Å². The molecule has 1 amide bonds. The quantitative estimate of drug-likeness (QED) is 0.542. The van der Waals surface area contributed by atoms with Gasteiger partial charge in [-0.2, -0.15) is 13.2 Å². The van der Waals surface area contributed by atoms with E-state index in [0.29, 0.717) is 0 Å². The van der Waals surface area contributed by atoms with Gasteiger partial charge in [0, 0.05) is 5.56 Å². The molecule has 2 aromatic carbocycles. The van der Waals surface area contributed by atoms with Crippen molar-refractivity contribution in [2.75, 3.05) is 11.9 Å². The van der Waals surface area contributed by atoms with E-state index in [4.69, 9.17) is 9.47 Å². The number of carbonyl (C=O) groups is 3. The first kappa shape index (κ1) is 22.9. The van der Waals surface area contributed by atoms with Crippen molar-refractivity contribution >= 4 is 23.5 Å². The van der Waals surface area contributed by atoms with Crippen molar-refractivity contribution in [2.24, 2.45) is 5.41 Å². The Kier molecular flexibility index (Phi) is 6.86. The minimum absolute atomic E-state index is 0.138. The number of alkyl halides is 3.